The Morgan fingerprint density at radius 2 is 1.74 bits per heavy atom. The highest BCUT2D eigenvalue weighted by Crippen LogP contribution is 2.21. The van der Waals surface area contributed by atoms with E-state index in [-0.39, 0.29) is 0 Å². The molecule has 2 aromatic carbocycles. The molecule has 0 bridgehead atoms. The summed E-state index contributed by atoms with van der Waals surface area (Å²) in [5, 5.41) is 7.11. The monoisotopic (exact) mass is 270 g/mol. The van der Waals surface area contributed by atoms with Gasteiger partial charge in [-0.15, -0.1) is 0 Å². The number of anilines is 2. The molecule has 2 nitrogen and oxygen atoms in total. The van der Waals surface area contributed by atoms with Crippen LogP contribution in [0.3, 0.4) is 0 Å². The second-order valence-electron chi connectivity index (χ2n) is 4.41. The molecule has 0 atom stereocenters. The number of aryl methyl sites for hydroxylation is 2. The molecule has 0 fully saturated rings. The molecule has 0 aromatic heterocycles. The van der Waals surface area contributed by atoms with E-state index in [9.17, 15) is 0 Å². The van der Waals surface area contributed by atoms with Crippen LogP contribution in [0.1, 0.15) is 18.1 Å². The quantitative estimate of drug-likeness (QED) is 0.810. The van der Waals surface area contributed by atoms with Gasteiger partial charge in [-0.25, -0.2) is 0 Å². The molecule has 98 valence electrons. The lowest BCUT2D eigenvalue weighted by molar-refractivity contribution is 1.13. The van der Waals surface area contributed by atoms with E-state index in [0.29, 0.717) is 5.11 Å². The number of thiocarbonyl (C=S) groups is 1. The first-order chi connectivity index (χ1) is 9.20. The molecule has 0 spiro atoms. The maximum Gasteiger partial charge on any atom is 0.175 e. The summed E-state index contributed by atoms with van der Waals surface area (Å²) in [4.78, 5) is 0. The summed E-state index contributed by atoms with van der Waals surface area (Å²) in [5.41, 5.74) is 4.58. The number of para-hydroxylation sites is 2. The first kappa shape index (κ1) is 13.6. The first-order valence-corrected chi connectivity index (χ1v) is 6.83. The first-order valence-electron chi connectivity index (χ1n) is 6.42. The molecule has 19 heavy (non-hydrogen) atoms. The molecule has 0 aliphatic rings. The summed E-state index contributed by atoms with van der Waals surface area (Å²) >= 11 is 5.36. The van der Waals surface area contributed by atoms with Gasteiger partial charge < -0.3 is 10.6 Å². The van der Waals surface area contributed by atoms with Crippen LogP contribution in [-0.2, 0) is 6.42 Å². The van der Waals surface area contributed by atoms with Crippen molar-refractivity contribution in [2.75, 3.05) is 10.6 Å². The summed E-state index contributed by atoms with van der Waals surface area (Å²) < 4.78 is 0. The third-order valence-corrected chi connectivity index (χ3v) is 3.21. The molecule has 0 saturated carbocycles. The third-order valence-electron chi connectivity index (χ3n) is 3.01. The van der Waals surface area contributed by atoms with Crippen molar-refractivity contribution in [3.8, 4) is 0 Å². The Hall–Kier alpha value is -1.87. The van der Waals surface area contributed by atoms with Crippen LogP contribution < -0.4 is 10.6 Å². The van der Waals surface area contributed by atoms with Gasteiger partial charge in [0.25, 0.3) is 0 Å². The lowest BCUT2D eigenvalue weighted by atomic mass is 10.1. The second-order valence-corrected chi connectivity index (χ2v) is 4.82. The van der Waals surface area contributed by atoms with Gasteiger partial charge >= 0.3 is 0 Å². The van der Waals surface area contributed by atoms with Gasteiger partial charge in [-0.3, -0.25) is 0 Å². The molecule has 0 aliphatic heterocycles. The van der Waals surface area contributed by atoms with E-state index in [4.69, 9.17) is 12.2 Å². The summed E-state index contributed by atoms with van der Waals surface area (Å²) in [6, 6.07) is 16.2. The van der Waals surface area contributed by atoms with Gasteiger partial charge in [0, 0.05) is 11.4 Å². The summed E-state index contributed by atoms with van der Waals surface area (Å²) in [7, 11) is 0. The summed E-state index contributed by atoms with van der Waals surface area (Å²) in [6.07, 6.45) is 0.984. The largest absolute Gasteiger partial charge is 0.332 e. The number of benzene rings is 2. The van der Waals surface area contributed by atoms with Crippen LogP contribution in [0.15, 0.2) is 48.5 Å². The fourth-order valence-electron chi connectivity index (χ4n) is 2.00. The smallest absolute Gasteiger partial charge is 0.175 e. The Morgan fingerprint density at radius 3 is 2.42 bits per heavy atom. The van der Waals surface area contributed by atoms with Gasteiger partial charge in [-0.05, 0) is 48.8 Å². The zero-order valence-electron chi connectivity index (χ0n) is 11.2. The molecule has 2 aromatic rings. The summed E-state index contributed by atoms with van der Waals surface area (Å²) in [5.74, 6) is 0. The zero-order valence-corrected chi connectivity index (χ0v) is 12.1. The minimum Gasteiger partial charge on any atom is -0.332 e. The van der Waals surface area contributed by atoms with E-state index >= 15 is 0 Å². The van der Waals surface area contributed by atoms with Gasteiger partial charge in [-0.2, -0.15) is 0 Å². The van der Waals surface area contributed by atoms with E-state index in [1.165, 1.54) is 11.1 Å². The standard InChI is InChI=1S/C16H18N2S/c1-3-13-9-7-8-12(2)15(13)18-16(19)17-14-10-5-4-6-11-14/h4-11H,3H2,1-2H3,(H2,17,18,19). The summed E-state index contributed by atoms with van der Waals surface area (Å²) in [6.45, 7) is 4.24. The highest BCUT2D eigenvalue weighted by Gasteiger charge is 2.06. The number of nitrogens with one attached hydrogen (secondary N) is 2. The van der Waals surface area contributed by atoms with E-state index in [2.05, 4.69) is 42.7 Å². The molecule has 0 unspecified atom stereocenters. The molecular weight excluding hydrogens is 252 g/mol. The van der Waals surface area contributed by atoms with Gasteiger partial charge in [0.15, 0.2) is 5.11 Å². The van der Waals surface area contributed by atoms with E-state index in [0.717, 1.165) is 17.8 Å². The van der Waals surface area contributed by atoms with Crippen molar-refractivity contribution in [3.05, 3.63) is 59.7 Å². The highest BCUT2D eigenvalue weighted by atomic mass is 32.1. The van der Waals surface area contributed by atoms with Crippen LogP contribution in [0.5, 0.6) is 0 Å². The third kappa shape index (κ3) is 3.55. The minimum absolute atomic E-state index is 0.621. The van der Waals surface area contributed by atoms with Crippen molar-refractivity contribution in [1.29, 1.82) is 0 Å². The lowest BCUT2D eigenvalue weighted by Gasteiger charge is -2.15. The lowest BCUT2D eigenvalue weighted by Crippen LogP contribution is -2.20. The van der Waals surface area contributed by atoms with E-state index in [1.54, 1.807) is 0 Å². The van der Waals surface area contributed by atoms with Crippen LogP contribution >= 0.6 is 12.2 Å². The van der Waals surface area contributed by atoms with E-state index < -0.39 is 0 Å². The second kappa shape index (κ2) is 6.34. The maximum atomic E-state index is 5.36. The number of hydrogen-bond donors (Lipinski definition) is 2. The zero-order chi connectivity index (χ0) is 13.7. The number of hydrogen-bond acceptors (Lipinski definition) is 1. The number of rotatable bonds is 3. The average molecular weight is 270 g/mol. The maximum absolute atomic E-state index is 5.36. The average Bonchev–Trinajstić information content (AvgIpc) is 2.42. The normalized spacial score (nSPS) is 10.0. The Morgan fingerprint density at radius 1 is 1.00 bits per heavy atom. The topological polar surface area (TPSA) is 24.1 Å². The molecule has 0 heterocycles. The fraction of sp³-hybridized carbons (Fsp3) is 0.188. The fourth-order valence-corrected chi connectivity index (χ4v) is 2.22. The van der Waals surface area contributed by atoms with Crippen molar-refractivity contribution >= 4 is 28.7 Å². The highest BCUT2D eigenvalue weighted by molar-refractivity contribution is 7.80. The van der Waals surface area contributed by atoms with E-state index in [1.807, 2.05) is 30.3 Å². The van der Waals surface area contributed by atoms with Crippen LogP contribution in [-0.4, -0.2) is 5.11 Å². The Kier molecular flexibility index (Phi) is 4.53. The Balaban J connectivity index is 2.11. The van der Waals surface area contributed by atoms with Crippen molar-refractivity contribution < 1.29 is 0 Å². The van der Waals surface area contributed by atoms with Gasteiger partial charge in [0.05, 0.1) is 0 Å². The molecule has 0 amide bonds. The van der Waals surface area contributed by atoms with Crippen LogP contribution in [0.25, 0.3) is 0 Å². The molecule has 2 N–H and O–H groups in total. The van der Waals surface area contributed by atoms with Crippen molar-refractivity contribution in [3.63, 3.8) is 0 Å². The van der Waals surface area contributed by atoms with Gasteiger partial charge in [0.1, 0.15) is 0 Å². The van der Waals surface area contributed by atoms with Crippen molar-refractivity contribution in [1.82, 2.24) is 0 Å². The van der Waals surface area contributed by atoms with Crippen LogP contribution in [0.2, 0.25) is 0 Å². The minimum atomic E-state index is 0.621. The van der Waals surface area contributed by atoms with Crippen molar-refractivity contribution in [2.45, 2.75) is 20.3 Å². The molecule has 3 heteroatoms. The molecule has 0 aliphatic carbocycles. The predicted molar refractivity (Wildman–Crippen MR) is 86.8 cm³/mol. The Labute approximate surface area is 119 Å². The molecular formula is C16H18N2S. The SMILES string of the molecule is CCc1cccc(C)c1NC(=S)Nc1ccccc1. The molecule has 2 rings (SSSR count). The molecule has 0 saturated heterocycles. The Bertz CT molecular complexity index is 564. The molecule has 0 radical (unpaired) electrons. The van der Waals surface area contributed by atoms with Crippen molar-refractivity contribution in [2.24, 2.45) is 0 Å². The van der Waals surface area contributed by atoms with Gasteiger partial charge in [-0.1, -0.05) is 43.3 Å². The van der Waals surface area contributed by atoms with Crippen LogP contribution in [0.4, 0.5) is 11.4 Å². The van der Waals surface area contributed by atoms with Gasteiger partial charge in [0.2, 0.25) is 0 Å². The predicted octanol–water partition coefficient (Wildman–Crippen LogP) is 4.37. The van der Waals surface area contributed by atoms with Crippen LogP contribution in [0, 0.1) is 6.92 Å².